The molecule has 2 nitrogen and oxygen atoms in total. The van der Waals surface area contributed by atoms with Gasteiger partial charge in [0.2, 0.25) is 0 Å². The molecule has 122 valence electrons. The molecule has 4 bridgehead atoms. The molecule has 0 N–H and O–H groups in total. The number of hydrogen-bond donors (Lipinski definition) is 0. The van der Waals surface area contributed by atoms with Crippen molar-refractivity contribution in [3.8, 4) is 12.1 Å². The van der Waals surface area contributed by atoms with Gasteiger partial charge in [0.05, 0.1) is 16.9 Å². The van der Waals surface area contributed by atoms with E-state index in [1.165, 1.54) is 37.7 Å². The zero-order chi connectivity index (χ0) is 16.4. The van der Waals surface area contributed by atoms with Crippen LogP contribution in [0.3, 0.4) is 0 Å². The van der Waals surface area contributed by atoms with E-state index in [-0.39, 0.29) is 10.7 Å². The van der Waals surface area contributed by atoms with E-state index in [0.29, 0.717) is 11.8 Å². The normalized spacial score (nSPS) is 44.3. The maximum absolute atomic E-state index is 10.3. The Morgan fingerprint density at radius 1 is 0.875 bits per heavy atom. The van der Waals surface area contributed by atoms with E-state index in [2.05, 4.69) is 24.3 Å². The standard InChI is InChI=1S/C21H22N2S/c22-12-20(13-23)19(16-4-2-1-3-5-16)11-24-21(20)17-7-14-6-15(9-17)10-18(21)8-14/h1-5,14-15,17-19H,6-11H2/t14?,15?,17?,18?,19-,21?/m1/s1. The zero-order valence-corrected chi connectivity index (χ0v) is 14.6. The quantitative estimate of drug-likeness (QED) is 0.745. The lowest BCUT2D eigenvalue weighted by Crippen LogP contribution is -2.62. The van der Waals surface area contributed by atoms with E-state index in [0.717, 1.165) is 17.6 Å². The molecule has 0 amide bonds. The number of thioether (sulfide) groups is 1. The summed E-state index contributed by atoms with van der Waals surface area (Å²) in [6.07, 6.45) is 6.43. The van der Waals surface area contributed by atoms with Crippen LogP contribution in [0.4, 0.5) is 0 Å². The fraction of sp³-hybridized carbons (Fsp3) is 0.619. The summed E-state index contributed by atoms with van der Waals surface area (Å²) in [5.41, 5.74) is 0.320. The molecule has 1 atom stereocenters. The molecule has 1 saturated heterocycles. The predicted molar refractivity (Wildman–Crippen MR) is 95.1 cm³/mol. The first kappa shape index (κ1) is 14.9. The predicted octanol–water partition coefficient (Wildman–Crippen LogP) is 4.75. The van der Waals surface area contributed by atoms with Gasteiger partial charge in [-0.2, -0.15) is 22.3 Å². The van der Waals surface area contributed by atoms with Crippen molar-refractivity contribution in [2.75, 3.05) is 5.75 Å². The average molecular weight is 334 g/mol. The minimum absolute atomic E-state index is 0.0521. The molecule has 1 aromatic rings. The first-order valence-electron chi connectivity index (χ1n) is 9.25. The van der Waals surface area contributed by atoms with E-state index in [1.54, 1.807) is 0 Å². The number of nitrogens with zero attached hydrogens (tertiary/aromatic N) is 2. The van der Waals surface area contributed by atoms with Crippen molar-refractivity contribution >= 4 is 11.8 Å². The van der Waals surface area contributed by atoms with E-state index >= 15 is 0 Å². The maximum Gasteiger partial charge on any atom is 0.166 e. The molecule has 0 unspecified atom stereocenters. The van der Waals surface area contributed by atoms with Crippen molar-refractivity contribution < 1.29 is 0 Å². The molecule has 4 saturated carbocycles. The average Bonchev–Trinajstić information content (AvgIpc) is 2.96. The Morgan fingerprint density at radius 3 is 2.00 bits per heavy atom. The van der Waals surface area contributed by atoms with Crippen molar-refractivity contribution in [3.63, 3.8) is 0 Å². The molecule has 1 spiro atoms. The Labute approximate surface area is 148 Å². The topological polar surface area (TPSA) is 47.6 Å². The van der Waals surface area contributed by atoms with Crippen LogP contribution in [0.15, 0.2) is 30.3 Å². The first-order chi connectivity index (χ1) is 11.7. The van der Waals surface area contributed by atoms with Gasteiger partial charge in [0.25, 0.3) is 0 Å². The van der Waals surface area contributed by atoms with Crippen LogP contribution < -0.4 is 0 Å². The Morgan fingerprint density at radius 2 is 1.46 bits per heavy atom. The summed E-state index contributed by atoms with van der Waals surface area (Å²) in [4.78, 5) is 0. The molecule has 0 radical (unpaired) electrons. The third-order valence-electron chi connectivity index (χ3n) is 7.53. The molecule has 1 aromatic carbocycles. The van der Waals surface area contributed by atoms with Gasteiger partial charge in [-0.05, 0) is 61.3 Å². The van der Waals surface area contributed by atoms with Gasteiger partial charge in [0.15, 0.2) is 5.41 Å². The third-order valence-corrected chi connectivity index (χ3v) is 9.50. The summed E-state index contributed by atoms with van der Waals surface area (Å²) in [6, 6.07) is 15.6. The number of nitriles is 2. The van der Waals surface area contributed by atoms with E-state index in [9.17, 15) is 10.5 Å². The molecular formula is C21H22N2S. The molecular weight excluding hydrogens is 312 g/mol. The van der Waals surface area contributed by atoms with E-state index in [1.807, 2.05) is 30.0 Å². The first-order valence-corrected chi connectivity index (χ1v) is 10.2. The second kappa shape index (κ2) is 5.03. The lowest BCUT2D eigenvalue weighted by Gasteiger charge is -2.62. The number of rotatable bonds is 1. The fourth-order valence-electron chi connectivity index (χ4n) is 6.88. The lowest BCUT2D eigenvalue weighted by molar-refractivity contribution is -0.0433. The molecule has 24 heavy (non-hydrogen) atoms. The molecule has 1 heterocycles. The molecule has 5 aliphatic rings. The minimum Gasteiger partial charge on any atom is -0.196 e. The van der Waals surface area contributed by atoms with Crippen LogP contribution in [0.5, 0.6) is 0 Å². The van der Waals surface area contributed by atoms with Crippen molar-refractivity contribution in [2.45, 2.75) is 42.8 Å². The minimum atomic E-state index is -0.859. The van der Waals surface area contributed by atoms with Crippen LogP contribution in [0, 0.1) is 51.7 Å². The van der Waals surface area contributed by atoms with E-state index in [4.69, 9.17) is 0 Å². The van der Waals surface area contributed by atoms with Crippen LogP contribution in [0.1, 0.15) is 43.6 Å². The van der Waals surface area contributed by atoms with Crippen molar-refractivity contribution in [1.82, 2.24) is 0 Å². The second-order valence-corrected chi connectivity index (χ2v) is 9.70. The van der Waals surface area contributed by atoms with Crippen molar-refractivity contribution in [1.29, 1.82) is 10.5 Å². The molecule has 5 fully saturated rings. The van der Waals surface area contributed by atoms with Gasteiger partial charge in [-0.3, -0.25) is 0 Å². The van der Waals surface area contributed by atoms with Gasteiger partial charge >= 0.3 is 0 Å². The highest BCUT2D eigenvalue weighted by atomic mass is 32.2. The van der Waals surface area contributed by atoms with Crippen molar-refractivity contribution in [2.24, 2.45) is 29.1 Å². The summed E-state index contributed by atoms with van der Waals surface area (Å²) in [5.74, 6) is 3.86. The van der Waals surface area contributed by atoms with Crippen LogP contribution >= 0.6 is 11.8 Å². The Hall–Kier alpha value is -1.45. The van der Waals surface area contributed by atoms with Gasteiger partial charge in [-0.25, -0.2) is 0 Å². The maximum atomic E-state index is 10.3. The Balaban J connectivity index is 1.65. The van der Waals surface area contributed by atoms with Gasteiger partial charge < -0.3 is 0 Å². The summed E-state index contributed by atoms with van der Waals surface area (Å²) in [6.45, 7) is 0. The van der Waals surface area contributed by atoms with Crippen LogP contribution in [0.2, 0.25) is 0 Å². The fourth-order valence-corrected chi connectivity index (χ4v) is 9.09. The van der Waals surface area contributed by atoms with Gasteiger partial charge in [-0.15, -0.1) is 0 Å². The van der Waals surface area contributed by atoms with Crippen LogP contribution in [0.25, 0.3) is 0 Å². The van der Waals surface area contributed by atoms with E-state index < -0.39 is 5.41 Å². The number of benzene rings is 1. The monoisotopic (exact) mass is 334 g/mol. The summed E-state index contributed by atoms with van der Waals surface area (Å²) in [7, 11) is 0. The van der Waals surface area contributed by atoms with Crippen molar-refractivity contribution in [3.05, 3.63) is 35.9 Å². The molecule has 4 aliphatic carbocycles. The molecule has 1 aliphatic heterocycles. The van der Waals surface area contributed by atoms with Crippen LogP contribution in [-0.2, 0) is 0 Å². The molecule has 0 aromatic heterocycles. The smallest absolute Gasteiger partial charge is 0.166 e. The third kappa shape index (κ3) is 1.62. The highest BCUT2D eigenvalue weighted by Crippen LogP contribution is 2.73. The molecule has 6 rings (SSSR count). The SMILES string of the molecule is N#CC1(C#N)[C@@H](c2ccccc2)CSC12C1CC3CC(C1)CC2C3. The highest BCUT2D eigenvalue weighted by molar-refractivity contribution is 8.01. The Bertz CT molecular complexity index is 699. The lowest BCUT2D eigenvalue weighted by atomic mass is 9.44. The molecule has 3 heteroatoms. The second-order valence-electron chi connectivity index (χ2n) is 8.40. The summed E-state index contributed by atoms with van der Waals surface area (Å²) >= 11 is 1.99. The Kier molecular flexibility index (Phi) is 3.11. The summed E-state index contributed by atoms with van der Waals surface area (Å²) in [5, 5.41) is 20.6. The largest absolute Gasteiger partial charge is 0.196 e. The van der Waals surface area contributed by atoms with Gasteiger partial charge in [0, 0.05) is 11.7 Å². The van der Waals surface area contributed by atoms with Gasteiger partial charge in [0.1, 0.15) is 0 Å². The zero-order valence-electron chi connectivity index (χ0n) is 13.8. The van der Waals surface area contributed by atoms with Crippen LogP contribution in [-0.4, -0.2) is 10.5 Å². The summed E-state index contributed by atoms with van der Waals surface area (Å²) < 4.78 is -0.121. The van der Waals surface area contributed by atoms with Gasteiger partial charge in [-0.1, -0.05) is 30.3 Å². The highest BCUT2D eigenvalue weighted by Gasteiger charge is 2.72. The number of hydrogen-bond acceptors (Lipinski definition) is 3.